The van der Waals surface area contributed by atoms with Crippen LogP contribution in [0.1, 0.15) is 11.6 Å². The number of piperazine rings is 1. The van der Waals surface area contributed by atoms with Crippen molar-refractivity contribution >= 4 is 17.5 Å². The van der Waals surface area contributed by atoms with E-state index in [4.69, 9.17) is 11.6 Å². The van der Waals surface area contributed by atoms with Crippen LogP contribution in [0, 0.1) is 0 Å². The van der Waals surface area contributed by atoms with E-state index in [0.29, 0.717) is 36.8 Å². The second-order valence-electron chi connectivity index (χ2n) is 6.51. The first-order valence-corrected chi connectivity index (χ1v) is 8.79. The molecule has 1 amide bonds. The van der Waals surface area contributed by atoms with E-state index in [1.807, 2.05) is 0 Å². The third kappa shape index (κ3) is 5.57. The Kier molecular flexibility index (Phi) is 7.28. The van der Waals surface area contributed by atoms with Gasteiger partial charge in [0.05, 0.1) is 0 Å². The summed E-state index contributed by atoms with van der Waals surface area (Å²) in [4.78, 5) is 15.6. The minimum absolute atomic E-state index is 0.297. The highest BCUT2D eigenvalue weighted by molar-refractivity contribution is 6.30. The van der Waals surface area contributed by atoms with Crippen LogP contribution >= 0.6 is 11.6 Å². The molecule has 0 aromatic heterocycles. The van der Waals surface area contributed by atoms with Crippen LogP contribution in [0.5, 0.6) is 0 Å². The molecule has 5 nitrogen and oxygen atoms in total. The van der Waals surface area contributed by atoms with Gasteiger partial charge in [0.1, 0.15) is 12.1 Å². The van der Waals surface area contributed by atoms with Crippen LogP contribution in [0.4, 0.5) is 13.2 Å². The molecular formula is C17H24ClF3N4O. The Bertz CT molecular complexity index is 606. The zero-order valence-corrected chi connectivity index (χ0v) is 15.6. The highest BCUT2D eigenvalue weighted by Gasteiger charge is 2.44. The number of hydrogen-bond acceptors (Lipinski definition) is 4. The molecule has 2 rings (SSSR count). The number of amides is 1. The molecule has 26 heavy (non-hydrogen) atoms. The fraction of sp³-hybridized carbons (Fsp3) is 0.588. The van der Waals surface area contributed by atoms with E-state index in [2.05, 4.69) is 10.6 Å². The van der Waals surface area contributed by atoms with Crippen molar-refractivity contribution in [2.45, 2.75) is 18.3 Å². The van der Waals surface area contributed by atoms with Crippen LogP contribution < -0.4 is 10.6 Å². The van der Waals surface area contributed by atoms with Gasteiger partial charge in [-0.3, -0.25) is 14.6 Å². The molecule has 2 unspecified atom stereocenters. The molecule has 0 aliphatic carbocycles. The number of likely N-dealkylation sites (N-methyl/N-ethyl adjacent to an activating group) is 1. The summed E-state index contributed by atoms with van der Waals surface area (Å²) in [5, 5.41) is 5.98. The van der Waals surface area contributed by atoms with Gasteiger partial charge in [-0.1, -0.05) is 23.7 Å². The third-order valence-electron chi connectivity index (χ3n) is 4.37. The zero-order valence-electron chi connectivity index (χ0n) is 14.8. The normalized spacial score (nSPS) is 18.6. The number of benzene rings is 1. The molecule has 0 spiro atoms. The lowest BCUT2D eigenvalue weighted by Gasteiger charge is -2.36. The van der Waals surface area contributed by atoms with E-state index in [-0.39, 0.29) is 0 Å². The highest BCUT2D eigenvalue weighted by atomic mass is 35.5. The van der Waals surface area contributed by atoms with Crippen molar-refractivity contribution in [2.75, 3.05) is 46.8 Å². The van der Waals surface area contributed by atoms with Crippen LogP contribution in [0.15, 0.2) is 24.3 Å². The molecule has 1 saturated heterocycles. The van der Waals surface area contributed by atoms with Gasteiger partial charge in [-0.25, -0.2) is 0 Å². The van der Waals surface area contributed by atoms with E-state index in [9.17, 15) is 18.0 Å². The maximum atomic E-state index is 13.4. The molecule has 9 heteroatoms. The number of halogens is 4. The van der Waals surface area contributed by atoms with Crippen LogP contribution in [0.25, 0.3) is 0 Å². The minimum atomic E-state index is -4.41. The number of hydrogen-bond donors (Lipinski definition) is 2. The standard InChI is InChI=1S/C17H24ClF3N4O/c1-24(2)15(12-4-3-5-13(18)10-12)16(26)23-11-14(17(19,20)21)25-8-6-22-7-9-25/h3-5,10,14-15,22H,6-9,11H2,1-2H3,(H,23,26). The molecule has 0 bridgehead atoms. The Labute approximate surface area is 156 Å². The van der Waals surface area contributed by atoms with Crippen molar-refractivity contribution in [3.63, 3.8) is 0 Å². The Morgan fingerprint density at radius 2 is 2.00 bits per heavy atom. The number of carbonyl (C=O) groups excluding carboxylic acids is 1. The van der Waals surface area contributed by atoms with E-state index in [1.165, 1.54) is 4.90 Å². The molecule has 2 N–H and O–H groups in total. The lowest BCUT2D eigenvalue weighted by molar-refractivity contribution is -0.184. The average molecular weight is 393 g/mol. The highest BCUT2D eigenvalue weighted by Crippen LogP contribution is 2.26. The second-order valence-corrected chi connectivity index (χ2v) is 6.95. The Hall–Kier alpha value is -1.35. The van der Waals surface area contributed by atoms with Crippen LogP contribution in [-0.4, -0.2) is 74.7 Å². The van der Waals surface area contributed by atoms with E-state index in [1.54, 1.807) is 43.3 Å². The summed E-state index contributed by atoms with van der Waals surface area (Å²) in [6.45, 7) is 1.12. The van der Waals surface area contributed by atoms with E-state index in [0.717, 1.165) is 0 Å². The van der Waals surface area contributed by atoms with Gasteiger partial charge in [-0.05, 0) is 31.8 Å². The lowest BCUT2D eigenvalue weighted by atomic mass is 10.0. The lowest BCUT2D eigenvalue weighted by Crippen LogP contribution is -2.58. The van der Waals surface area contributed by atoms with E-state index >= 15 is 0 Å². The molecule has 1 aliphatic heterocycles. The van der Waals surface area contributed by atoms with Crippen molar-refractivity contribution in [2.24, 2.45) is 0 Å². The fourth-order valence-electron chi connectivity index (χ4n) is 3.10. The number of nitrogens with one attached hydrogen (secondary N) is 2. The van der Waals surface area contributed by atoms with Gasteiger partial charge in [-0.15, -0.1) is 0 Å². The number of carbonyl (C=O) groups is 1. The number of alkyl halides is 3. The van der Waals surface area contributed by atoms with Crippen LogP contribution in [-0.2, 0) is 4.79 Å². The van der Waals surface area contributed by atoms with Gasteiger partial charge >= 0.3 is 6.18 Å². The molecule has 1 fully saturated rings. The second kappa shape index (κ2) is 9.03. The molecule has 0 saturated carbocycles. The summed E-state index contributed by atoms with van der Waals surface area (Å²) < 4.78 is 40.3. The SMILES string of the molecule is CN(C)C(C(=O)NCC(N1CCNCC1)C(F)(F)F)c1cccc(Cl)c1. The first-order chi connectivity index (χ1) is 12.2. The molecular weight excluding hydrogens is 369 g/mol. The van der Waals surface area contributed by atoms with E-state index < -0.39 is 30.7 Å². The summed E-state index contributed by atoms with van der Waals surface area (Å²) in [5.41, 5.74) is 0.630. The molecule has 0 radical (unpaired) electrons. The van der Waals surface area contributed by atoms with Crippen molar-refractivity contribution in [3.8, 4) is 0 Å². The quantitative estimate of drug-likeness (QED) is 0.776. The predicted molar refractivity (Wildman–Crippen MR) is 95.2 cm³/mol. The van der Waals surface area contributed by atoms with Crippen molar-refractivity contribution in [1.29, 1.82) is 0 Å². The average Bonchev–Trinajstić information content (AvgIpc) is 2.54. The molecule has 1 heterocycles. The van der Waals surface area contributed by atoms with Crippen molar-refractivity contribution < 1.29 is 18.0 Å². The Balaban J connectivity index is 2.09. The summed E-state index contributed by atoms with van der Waals surface area (Å²) in [6.07, 6.45) is -4.41. The molecule has 1 aromatic carbocycles. The zero-order chi connectivity index (χ0) is 19.3. The molecule has 1 aromatic rings. The maximum absolute atomic E-state index is 13.4. The summed E-state index contributed by atoms with van der Waals surface area (Å²) in [5.74, 6) is -0.485. The first-order valence-electron chi connectivity index (χ1n) is 8.41. The number of nitrogens with zero attached hydrogens (tertiary/aromatic N) is 2. The Morgan fingerprint density at radius 3 is 2.54 bits per heavy atom. The first kappa shape index (κ1) is 21.0. The molecule has 2 atom stereocenters. The summed E-state index contributed by atoms with van der Waals surface area (Å²) in [6, 6.07) is 4.35. The monoisotopic (exact) mass is 392 g/mol. The summed E-state index contributed by atoms with van der Waals surface area (Å²) in [7, 11) is 3.39. The van der Waals surface area contributed by atoms with Gasteiger partial charge in [0.2, 0.25) is 5.91 Å². The van der Waals surface area contributed by atoms with Gasteiger partial charge in [0.25, 0.3) is 0 Å². The van der Waals surface area contributed by atoms with Crippen molar-refractivity contribution in [3.05, 3.63) is 34.9 Å². The largest absolute Gasteiger partial charge is 0.405 e. The van der Waals surface area contributed by atoms with Gasteiger partial charge in [0, 0.05) is 37.7 Å². The molecule has 146 valence electrons. The Morgan fingerprint density at radius 1 is 1.35 bits per heavy atom. The van der Waals surface area contributed by atoms with Gasteiger partial charge in [-0.2, -0.15) is 13.2 Å². The van der Waals surface area contributed by atoms with Gasteiger partial charge in [0.15, 0.2) is 0 Å². The maximum Gasteiger partial charge on any atom is 0.405 e. The third-order valence-corrected chi connectivity index (χ3v) is 4.60. The van der Waals surface area contributed by atoms with Crippen LogP contribution in [0.2, 0.25) is 5.02 Å². The van der Waals surface area contributed by atoms with Gasteiger partial charge < -0.3 is 10.6 Å². The minimum Gasteiger partial charge on any atom is -0.353 e. The fourth-order valence-corrected chi connectivity index (χ4v) is 3.30. The smallest absolute Gasteiger partial charge is 0.353 e. The molecule has 1 aliphatic rings. The number of rotatable bonds is 6. The summed E-state index contributed by atoms with van der Waals surface area (Å²) >= 11 is 5.98. The van der Waals surface area contributed by atoms with Crippen LogP contribution in [0.3, 0.4) is 0 Å². The van der Waals surface area contributed by atoms with Crippen molar-refractivity contribution in [1.82, 2.24) is 20.4 Å². The topological polar surface area (TPSA) is 47.6 Å². The predicted octanol–water partition coefficient (Wildman–Crippen LogP) is 1.90.